The Balaban J connectivity index is 1.31. The number of anilines is 3. The molecule has 11 rings (SSSR count). The molecule has 0 heterocycles. The molecule has 0 amide bonds. The summed E-state index contributed by atoms with van der Waals surface area (Å²) in [5, 5.41) is 0. The van der Waals surface area contributed by atoms with Crippen molar-refractivity contribution in [3.8, 4) is 44.5 Å². The van der Waals surface area contributed by atoms with Gasteiger partial charge in [0.2, 0.25) is 0 Å². The molecular formula is C50H33N. The largest absolute Gasteiger partial charge is 0.310 e. The Kier molecular flexibility index (Phi) is 6.00. The number of nitrogens with zero attached hydrogens (tertiary/aromatic N) is 1. The van der Waals surface area contributed by atoms with Gasteiger partial charge in [0.15, 0.2) is 0 Å². The maximum absolute atomic E-state index is 2.50. The van der Waals surface area contributed by atoms with E-state index in [1.54, 1.807) is 0 Å². The average Bonchev–Trinajstić information content (AvgIpc) is 3.69. The molecule has 3 aliphatic rings. The van der Waals surface area contributed by atoms with Crippen LogP contribution in [0.2, 0.25) is 0 Å². The van der Waals surface area contributed by atoms with Crippen molar-refractivity contribution in [3.63, 3.8) is 0 Å². The van der Waals surface area contributed by atoms with Gasteiger partial charge in [0.25, 0.3) is 0 Å². The van der Waals surface area contributed by atoms with Crippen LogP contribution in [0.3, 0.4) is 0 Å². The van der Waals surface area contributed by atoms with E-state index in [1.165, 1.54) is 77.9 Å². The van der Waals surface area contributed by atoms with Crippen molar-refractivity contribution in [1.82, 2.24) is 0 Å². The minimum absolute atomic E-state index is 0.557. The molecule has 1 nitrogen and oxygen atoms in total. The van der Waals surface area contributed by atoms with Gasteiger partial charge in [0.05, 0.1) is 5.41 Å². The van der Waals surface area contributed by atoms with Crippen molar-refractivity contribution in [1.29, 1.82) is 0 Å². The summed E-state index contributed by atoms with van der Waals surface area (Å²) in [7, 11) is 0. The lowest BCUT2D eigenvalue weighted by molar-refractivity contribution is 0.775. The molecule has 3 aliphatic carbocycles. The average molecular weight is 648 g/mol. The van der Waals surface area contributed by atoms with Crippen LogP contribution in [0.4, 0.5) is 17.1 Å². The van der Waals surface area contributed by atoms with Gasteiger partial charge in [-0.3, -0.25) is 0 Å². The van der Waals surface area contributed by atoms with E-state index in [0.29, 0.717) is 0 Å². The molecule has 8 aromatic carbocycles. The molecule has 0 fully saturated rings. The minimum atomic E-state index is -0.557. The summed E-state index contributed by atoms with van der Waals surface area (Å²) in [5.41, 5.74) is 21.6. The molecule has 51 heavy (non-hydrogen) atoms. The molecule has 0 aliphatic heterocycles. The summed E-state index contributed by atoms with van der Waals surface area (Å²) < 4.78 is 0. The fraction of sp³-hybridized carbons (Fsp3) is 0.0400. The lowest BCUT2D eigenvalue weighted by Gasteiger charge is -2.36. The van der Waals surface area contributed by atoms with E-state index in [-0.39, 0.29) is 0 Å². The lowest BCUT2D eigenvalue weighted by Crippen LogP contribution is -2.29. The maximum Gasteiger partial charge on any atom is 0.0726 e. The van der Waals surface area contributed by atoms with Gasteiger partial charge in [-0.05, 0) is 121 Å². The Morgan fingerprint density at radius 2 is 0.843 bits per heavy atom. The summed E-state index contributed by atoms with van der Waals surface area (Å²) >= 11 is 0. The first-order valence-electron chi connectivity index (χ1n) is 17.9. The van der Waals surface area contributed by atoms with E-state index in [0.717, 1.165) is 23.5 Å². The minimum Gasteiger partial charge on any atom is -0.310 e. The number of rotatable bonds is 3. The van der Waals surface area contributed by atoms with Crippen LogP contribution in [-0.4, -0.2) is 0 Å². The number of hydrogen-bond acceptors (Lipinski definition) is 1. The smallest absolute Gasteiger partial charge is 0.0726 e. The van der Waals surface area contributed by atoms with Crippen LogP contribution in [0.1, 0.15) is 33.4 Å². The molecule has 0 saturated carbocycles. The lowest BCUT2D eigenvalue weighted by atomic mass is 9.65. The highest BCUT2D eigenvalue weighted by atomic mass is 15.1. The first-order valence-corrected chi connectivity index (χ1v) is 17.9. The summed E-state index contributed by atoms with van der Waals surface area (Å²) in [5.74, 6) is 0. The van der Waals surface area contributed by atoms with Crippen molar-refractivity contribution >= 4 is 17.1 Å². The molecule has 0 bridgehead atoms. The third kappa shape index (κ3) is 3.86. The summed E-state index contributed by atoms with van der Waals surface area (Å²) in [4.78, 5) is 2.40. The van der Waals surface area contributed by atoms with E-state index >= 15 is 0 Å². The van der Waals surface area contributed by atoms with Crippen molar-refractivity contribution in [3.05, 3.63) is 221 Å². The maximum atomic E-state index is 2.50. The zero-order valence-electron chi connectivity index (χ0n) is 28.1. The predicted octanol–water partition coefficient (Wildman–Crippen LogP) is 12.7. The third-order valence-electron chi connectivity index (χ3n) is 11.5. The molecule has 1 atom stereocenters. The second-order valence-electron chi connectivity index (χ2n) is 14.0. The molecule has 0 radical (unpaired) electrons. The molecule has 0 N–H and O–H groups in total. The SMILES string of the molecule is c1ccc(N(c2ccccc2)c2ccc3c(c2)C2(c4ccccc4-c4ccccc4-3)c3ccccc3-c3c2ccc2c3-c3ccccc3C2)cc1. The Labute approximate surface area is 298 Å². The van der Waals surface area contributed by atoms with E-state index < -0.39 is 5.41 Å². The summed E-state index contributed by atoms with van der Waals surface area (Å²) in [6.07, 6.45) is 0.972. The molecule has 1 unspecified atom stereocenters. The monoisotopic (exact) mass is 647 g/mol. The van der Waals surface area contributed by atoms with Gasteiger partial charge in [-0.15, -0.1) is 0 Å². The van der Waals surface area contributed by atoms with Crippen LogP contribution in [-0.2, 0) is 11.8 Å². The first-order chi connectivity index (χ1) is 25.3. The second kappa shape index (κ2) is 10.8. The Morgan fingerprint density at radius 3 is 1.53 bits per heavy atom. The zero-order chi connectivity index (χ0) is 33.5. The Hall–Kier alpha value is -6.44. The first kappa shape index (κ1) is 28.4. The van der Waals surface area contributed by atoms with Gasteiger partial charge in [-0.1, -0.05) is 152 Å². The van der Waals surface area contributed by atoms with E-state index in [1.807, 2.05) is 0 Å². The van der Waals surface area contributed by atoms with E-state index in [4.69, 9.17) is 0 Å². The Morgan fingerprint density at radius 1 is 0.314 bits per heavy atom. The van der Waals surface area contributed by atoms with E-state index in [2.05, 4.69) is 193 Å². The van der Waals surface area contributed by atoms with Crippen LogP contribution in [0, 0.1) is 0 Å². The van der Waals surface area contributed by atoms with Gasteiger partial charge in [-0.2, -0.15) is 0 Å². The van der Waals surface area contributed by atoms with Gasteiger partial charge in [0, 0.05) is 17.1 Å². The van der Waals surface area contributed by atoms with Crippen molar-refractivity contribution in [2.24, 2.45) is 0 Å². The van der Waals surface area contributed by atoms with Crippen LogP contribution in [0.5, 0.6) is 0 Å². The molecular weight excluding hydrogens is 615 g/mol. The highest BCUT2D eigenvalue weighted by molar-refractivity contribution is 6.03. The van der Waals surface area contributed by atoms with Gasteiger partial charge in [-0.25, -0.2) is 0 Å². The topological polar surface area (TPSA) is 3.24 Å². The Bertz CT molecular complexity index is 2630. The second-order valence-corrected chi connectivity index (χ2v) is 14.0. The molecule has 238 valence electrons. The van der Waals surface area contributed by atoms with Crippen molar-refractivity contribution < 1.29 is 0 Å². The standard InChI is InChI=1S/C50H33N/c1-3-16-35(17-4-1)51(36-18-5-2-6-19-36)37-28-29-42-40-22-10-9-21-39(40)41-23-11-13-25-44(41)50(47(42)32-37)45-26-14-12-24-43(45)49-46(50)30-27-34-31-33-15-7-8-20-38(33)48(34)49/h1-30,32H,31H2. The number of para-hydroxylation sites is 2. The van der Waals surface area contributed by atoms with Gasteiger partial charge in [0.1, 0.15) is 0 Å². The van der Waals surface area contributed by atoms with Crippen LogP contribution >= 0.6 is 0 Å². The number of hydrogen-bond donors (Lipinski definition) is 0. The van der Waals surface area contributed by atoms with Gasteiger partial charge < -0.3 is 4.90 Å². The van der Waals surface area contributed by atoms with Crippen LogP contribution in [0.15, 0.2) is 188 Å². The molecule has 1 spiro atoms. The van der Waals surface area contributed by atoms with Crippen LogP contribution in [0.25, 0.3) is 44.5 Å². The quantitative estimate of drug-likeness (QED) is 0.184. The fourth-order valence-electron chi connectivity index (χ4n) is 9.53. The summed E-state index contributed by atoms with van der Waals surface area (Å²) in [6, 6.07) is 70.1. The number of fused-ring (bicyclic) bond motifs is 16. The molecule has 1 heteroatoms. The van der Waals surface area contributed by atoms with Crippen molar-refractivity contribution in [2.75, 3.05) is 4.90 Å². The third-order valence-corrected chi connectivity index (χ3v) is 11.5. The molecule has 8 aromatic rings. The highest BCUT2D eigenvalue weighted by Gasteiger charge is 2.51. The predicted molar refractivity (Wildman–Crippen MR) is 211 cm³/mol. The van der Waals surface area contributed by atoms with Crippen LogP contribution < -0.4 is 4.90 Å². The van der Waals surface area contributed by atoms with E-state index in [9.17, 15) is 0 Å². The fourth-order valence-corrected chi connectivity index (χ4v) is 9.53. The van der Waals surface area contributed by atoms with Gasteiger partial charge >= 0.3 is 0 Å². The van der Waals surface area contributed by atoms with Crippen molar-refractivity contribution in [2.45, 2.75) is 11.8 Å². The highest BCUT2D eigenvalue weighted by Crippen LogP contribution is 2.64. The normalized spacial score (nSPS) is 15.5. The summed E-state index contributed by atoms with van der Waals surface area (Å²) in [6.45, 7) is 0. The molecule has 0 aromatic heterocycles. The number of benzene rings is 8. The molecule has 0 saturated heterocycles. The zero-order valence-corrected chi connectivity index (χ0v) is 28.1.